The molecule has 31 heavy (non-hydrogen) atoms. The first-order chi connectivity index (χ1) is 14.9. The summed E-state index contributed by atoms with van der Waals surface area (Å²) in [5, 5.41) is 3.25. The second-order valence-electron chi connectivity index (χ2n) is 7.51. The predicted molar refractivity (Wildman–Crippen MR) is 118 cm³/mol. The summed E-state index contributed by atoms with van der Waals surface area (Å²) in [6.07, 6.45) is 3.15. The lowest BCUT2D eigenvalue weighted by atomic mass is 9.78. The summed E-state index contributed by atoms with van der Waals surface area (Å²) in [7, 11) is 1.78. The first-order valence-corrected chi connectivity index (χ1v) is 10.7. The number of aromatic nitrogens is 1. The average molecular weight is 432 g/mol. The Morgan fingerprint density at radius 2 is 1.68 bits per heavy atom. The summed E-state index contributed by atoms with van der Waals surface area (Å²) in [6, 6.07) is 8.39. The van der Waals surface area contributed by atoms with E-state index in [0.717, 1.165) is 55.2 Å². The van der Waals surface area contributed by atoms with Crippen molar-refractivity contribution in [1.82, 2.24) is 15.2 Å². The lowest BCUT2D eigenvalue weighted by molar-refractivity contribution is 0.226. The number of hydrogen-bond donors (Lipinski definition) is 2. The molecule has 1 aromatic heterocycles. The van der Waals surface area contributed by atoms with Crippen molar-refractivity contribution in [2.45, 2.75) is 39.0 Å². The summed E-state index contributed by atoms with van der Waals surface area (Å²) in [5.41, 5.74) is 2.83. The van der Waals surface area contributed by atoms with Gasteiger partial charge < -0.3 is 15.2 Å². The molecule has 2 amide bonds. The first-order valence-electron chi connectivity index (χ1n) is 10.7. The van der Waals surface area contributed by atoms with E-state index in [-0.39, 0.29) is 11.8 Å². The quantitative estimate of drug-likeness (QED) is 0.500. The van der Waals surface area contributed by atoms with E-state index in [4.69, 9.17) is 0 Å². The van der Waals surface area contributed by atoms with Crippen molar-refractivity contribution in [2.24, 2.45) is 0 Å². The number of nitrogens with zero attached hydrogens (tertiary/aromatic N) is 1. The zero-order valence-corrected chi connectivity index (χ0v) is 18.1. The van der Waals surface area contributed by atoms with E-state index in [9.17, 15) is 18.0 Å². The summed E-state index contributed by atoms with van der Waals surface area (Å²) in [5.74, 6) is -1.18. The molecule has 1 saturated carbocycles. The second kappa shape index (κ2) is 9.90. The number of urea groups is 1. The Labute approximate surface area is 180 Å². The van der Waals surface area contributed by atoms with Crippen molar-refractivity contribution >= 4 is 16.9 Å². The van der Waals surface area contributed by atoms with E-state index in [2.05, 4.69) is 10.3 Å². The van der Waals surface area contributed by atoms with Crippen LogP contribution in [0.15, 0.2) is 36.4 Å². The van der Waals surface area contributed by atoms with E-state index in [0.29, 0.717) is 16.8 Å². The number of halogens is 3. The van der Waals surface area contributed by atoms with Crippen molar-refractivity contribution in [1.29, 1.82) is 0 Å². The van der Waals surface area contributed by atoms with E-state index in [1.807, 2.05) is 13.8 Å². The van der Waals surface area contributed by atoms with Gasteiger partial charge in [-0.15, -0.1) is 0 Å². The highest BCUT2D eigenvalue weighted by Gasteiger charge is 2.27. The Morgan fingerprint density at radius 1 is 1.00 bits per heavy atom. The van der Waals surface area contributed by atoms with Gasteiger partial charge in [-0.05, 0) is 60.2 Å². The fourth-order valence-corrected chi connectivity index (χ4v) is 3.77. The lowest BCUT2D eigenvalue weighted by Gasteiger charge is -2.26. The monoisotopic (exact) mass is 431 g/mol. The van der Waals surface area contributed by atoms with Crippen LogP contribution in [0.5, 0.6) is 0 Å². The van der Waals surface area contributed by atoms with E-state index in [1.165, 1.54) is 18.2 Å². The third kappa shape index (κ3) is 4.86. The van der Waals surface area contributed by atoms with Crippen molar-refractivity contribution in [3.05, 3.63) is 59.4 Å². The van der Waals surface area contributed by atoms with Crippen LogP contribution in [0.25, 0.3) is 22.2 Å². The molecule has 166 valence electrons. The first kappa shape index (κ1) is 22.7. The normalized spacial score (nSPS) is 15.5. The van der Waals surface area contributed by atoms with Gasteiger partial charge in [-0.3, -0.25) is 0 Å². The minimum Gasteiger partial charge on any atom is -0.352 e. The minimum absolute atomic E-state index is 0.0417. The lowest BCUT2D eigenvalue weighted by Crippen LogP contribution is -2.23. The van der Waals surface area contributed by atoms with Crippen LogP contribution in [-0.4, -0.2) is 36.1 Å². The molecular formula is C24H28F3N3O. The molecule has 0 bridgehead atoms. The van der Waals surface area contributed by atoms with Gasteiger partial charge in [0.15, 0.2) is 0 Å². The molecule has 3 aromatic rings. The fourth-order valence-electron chi connectivity index (χ4n) is 3.77. The van der Waals surface area contributed by atoms with Gasteiger partial charge in [0.05, 0.1) is 11.2 Å². The highest BCUT2D eigenvalue weighted by Crippen LogP contribution is 2.45. The molecule has 2 N–H and O–H groups in total. The smallest absolute Gasteiger partial charge is 0.317 e. The average Bonchev–Trinajstić information content (AvgIpc) is 3.27. The molecular weight excluding hydrogens is 403 g/mol. The van der Waals surface area contributed by atoms with Gasteiger partial charge in [0, 0.05) is 31.6 Å². The molecule has 5 rings (SSSR count). The summed E-state index contributed by atoms with van der Waals surface area (Å²) in [6.45, 7) is 5.65. The zero-order chi connectivity index (χ0) is 22.5. The standard InChI is InChI=1S/C18H14F3N.C4H8N2O.C2H6/c19-12-6-4-11(5-7-12)17-16(10-2-1-3-10)14-8-13(20)9-15(21)18(14)22-17;1-6-3-2-5-4(6)7;1-2/h4-10,22H,1-3H2;2-3H2,1H3,(H,5,7);1-2H3. The van der Waals surface area contributed by atoms with Gasteiger partial charge in [-0.25, -0.2) is 18.0 Å². The van der Waals surface area contributed by atoms with E-state index < -0.39 is 11.6 Å². The number of aromatic amines is 1. The summed E-state index contributed by atoms with van der Waals surface area (Å²) < 4.78 is 40.8. The number of hydrogen-bond acceptors (Lipinski definition) is 1. The molecule has 1 aliphatic heterocycles. The molecule has 2 heterocycles. The summed E-state index contributed by atoms with van der Waals surface area (Å²) in [4.78, 5) is 15.1. The van der Waals surface area contributed by atoms with E-state index >= 15 is 0 Å². The van der Waals surface area contributed by atoms with Crippen LogP contribution in [0, 0.1) is 17.5 Å². The molecule has 1 saturated heterocycles. The maximum atomic E-state index is 14.1. The number of carbonyl (C=O) groups excluding carboxylic acids is 1. The van der Waals surface area contributed by atoms with Crippen LogP contribution in [0.1, 0.15) is 44.6 Å². The van der Waals surface area contributed by atoms with Gasteiger partial charge >= 0.3 is 6.03 Å². The number of rotatable bonds is 2. The molecule has 0 atom stereocenters. The molecule has 0 unspecified atom stereocenters. The minimum atomic E-state index is -0.594. The number of carbonyl (C=O) groups is 1. The van der Waals surface area contributed by atoms with Crippen LogP contribution in [-0.2, 0) is 0 Å². The Morgan fingerprint density at radius 3 is 2.16 bits per heavy atom. The number of nitrogens with one attached hydrogen (secondary N) is 2. The SMILES string of the molecule is CC.CN1CCNC1=O.Fc1ccc(-c2[nH]c3c(F)cc(F)cc3c2C2CCC2)cc1. The fraction of sp³-hybridized carbons (Fsp3) is 0.375. The van der Waals surface area contributed by atoms with Gasteiger partial charge in [-0.1, -0.05) is 20.3 Å². The molecule has 0 spiro atoms. The van der Waals surface area contributed by atoms with Crippen LogP contribution in [0.4, 0.5) is 18.0 Å². The molecule has 2 aromatic carbocycles. The number of fused-ring (bicyclic) bond motifs is 1. The Kier molecular flexibility index (Phi) is 7.25. The highest BCUT2D eigenvalue weighted by molar-refractivity contribution is 5.92. The highest BCUT2D eigenvalue weighted by atomic mass is 19.1. The Bertz CT molecular complexity index is 1040. The molecule has 2 aliphatic rings. The van der Waals surface area contributed by atoms with Gasteiger partial charge in [0.1, 0.15) is 17.5 Å². The number of benzene rings is 2. The zero-order valence-electron chi connectivity index (χ0n) is 18.1. The van der Waals surface area contributed by atoms with Gasteiger partial charge in [0.2, 0.25) is 0 Å². The third-order valence-electron chi connectivity index (χ3n) is 5.58. The van der Waals surface area contributed by atoms with Crippen LogP contribution < -0.4 is 5.32 Å². The molecule has 7 heteroatoms. The predicted octanol–water partition coefficient (Wildman–Crippen LogP) is 6.19. The van der Waals surface area contributed by atoms with Gasteiger partial charge in [0.25, 0.3) is 0 Å². The summed E-state index contributed by atoms with van der Waals surface area (Å²) >= 11 is 0. The topological polar surface area (TPSA) is 48.1 Å². The van der Waals surface area contributed by atoms with Crippen molar-refractivity contribution < 1.29 is 18.0 Å². The van der Waals surface area contributed by atoms with Crippen LogP contribution in [0.3, 0.4) is 0 Å². The van der Waals surface area contributed by atoms with Crippen LogP contribution in [0.2, 0.25) is 0 Å². The third-order valence-corrected chi connectivity index (χ3v) is 5.58. The molecule has 2 fully saturated rings. The maximum absolute atomic E-state index is 14.1. The van der Waals surface area contributed by atoms with Crippen LogP contribution >= 0.6 is 0 Å². The van der Waals surface area contributed by atoms with Crippen molar-refractivity contribution in [3.63, 3.8) is 0 Å². The van der Waals surface area contributed by atoms with E-state index in [1.54, 1.807) is 24.1 Å². The number of likely N-dealkylation sites (N-methyl/N-ethyl adjacent to an activating group) is 1. The Balaban J connectivity index is 0.000000256. The van der Waals surface area contributed by atoms with Crippen molar-refractivity contribution in [2.75, 3.05) is 20.1 Å². The molecule has 0 radical (unpaired) electrons. The molecule has 4 nitrogen and oxygen atoms in total. The van der Waals surface area contributed by atoms with Gasteiger partial charge in [-0.2, -0.15) is 0 Å². The number of amides is 2. The largest absolute Gasteiger partial charge is 0.352 e. The second-order valence-corrected chi connectivity index (χ2v) is 7.51. The van der Waals surface area contributed by atoms with Crippen molar-refractivity contribution in [3.8, 4) is 11.3 Å². The number of H-pyrrole nitrogens is 1. The maximum Gasteiger partial charge on any atom is 0.317 e. The Hall–Kier alpha value is -2.96. The molecule has 1 aliphatic carbocycles.